The first kappa shape index (κ1) is 18.0. The average molecular weight is 339 g/mol. The summed E-state index contributed by atoms with van der Waals surface area (Å²) in [4.78, 5) is 12.2. The topological polar surface area (TPSA) is 115 Å². The third kappa shape index (κ3) is 4.59. The largest absolute Gasteiger partial charge is 0.395 e. The summed E-state index contributed by atoms with van der Waals surface area (Å²) in [5, 5.41) is 37.0. The zero-order valence-corrected chi connectivity index (χ0v) is 13.7. The Morgan fingerprint density at radius 1 is 1.24 bits per heavy atom. The number of aliphatic hydroxyl groups excluding tert-OH is 1. The number of hydrogen-bond donors (Lipinski definition) is 1. The molecule has 0 aliphatic rings. The molecular formula is C17H17N5O3. The zero-order chi connectivity index (χ0) is 18.2. The molecule has 0 saturated heterocycles. The minimum atomic E-state index is -0.563. The van der Waals surface area contributed by atoms with E-state index in [9.17, 15) is 10.1 Å². The van der Waals surface area contributed by atoms with Crippen molar-refractivity contribution in [1.82, 2.24) is 0 Å². The molecule has 128 valence electrons. The van der Waals surface area contributed by atoms with Gasteiger partial charge < -0.3 is 10.0 Å². The first-order valence-corrected chi connectivity index (χ1v) is 7.65. The van der Waals surface area contributed by atoms with E-state index in [1.807, 2.05) is 30.0 Å². The Morgan fingerprint density at radius 3 is 2.52 bits per heavy atom. The van der Waals surface area contributed by atoms with Gasteiger partial charge in [0.15, 0.2) is 0 Å². The lowest BCUT2D eigenvalue weighted by molar-refractivity contribution is -0.384. The summed E-state index contributed by atoms with van der Waals surface area (Å²) in [6.45, 7) is 3.40. The minimum Gasteiger partial charge on any atom is -0.395 e. The monoisotopic (exact) mass is 339 g/mol. The fourth-order valence-corrected chi connectivity index (χ4v) is 2.25. The number of anilines is 1. The van der Waals surface area contributed by atoms with Crippen LogP contribution in [-0.4, -0.2) is 29.7 Å². The number of aliphatic hydroxyl groups is 1. The summed E-state index contributed by atoms with van der Waals surface area (Å²) in [6, 6.07) is 13.0. The maximum absolute atomic E-state index is 10.7. The fraction of sp³-hybridized carbons (Fsp3) is 0.235. The molecule has 8 nitrogen and oxygen atoms in total. The Kier molecular flexibility index (Phi) is 6.14. The summed E-state index contributed by atoms with van der Waals surface area (Å²) in [7, 11) is 0. The molecule has 0 aliphatic carbocycles. The third-order valence-electron chi connectivity index (χ3n) is 3.55. The fourth-order valence-electron chi connectivity index (χ4n) is 2.25. The van der Waals surface area contributed by atoms with Crippen molar-refractivity contribution in [3.63, 3.8) is 0 Å². The van der Waals surface area contributed by atoms with Crippen LogP contribution in [0.4, 0.5) is 22.7 Å². The van der Waals surface area contributed by atoms with Gasteiger partial charge in [-0.2, -0.15) is 10.4 Å². The van der Waals surface area contributed by atoms with Gasteiger partial charge in [0.1, 0.15) is 11.8 Å². The van der Waals surface area contributed by atoms with E-state index >= 15 is 0 Å². The molecule has 0 amide bonds. The van der Waals surface area contributed by atoms with Crippen LogP contribution in [0.25, 0.3) is 0 Å². The first-order chi connectivity index (χ1) is 12.1. The molecule has 0 heterocycles. The third-order valence-corrected chi connectivity index (χ3v) is 3.55. The molecule has 0 radical (unpaired) electrons. The molecule has 0 aliphatic heterocycles. The number of rotatable bonds is 7. The summed E-state index contributed by atoms with van der Waals surface area (Å²) in [6.07, 6.45) is 0. The van der Waals surface area contributed by atoms with Crippen molar-refractivity contribution in [2.24, 2.45) is 10.2 Å². The number of hydrogen-bond acceptors (Lipinski definition) is 7. The molecule has 0 bridgehead atoms. The summed E-state index contributed by atoms with van der Waals surface area (Å²) < 4.78 is 0. The number of nitriles is 1. The van der Waals surface area contributed by atoms with Gasteiger partial charge in [-0.3, -0.25) is 10.1 Å². The van der Waals surface area contributed by atoms with Gasteiger partial charge in [-0.15, -0.1) is 5.11 Å². The highest BCUT2D eigenvalue weighted by molar-refractivity contribution is 5.58. The number of nitro groups is 1. The van der Waals surface area contributed by atoms with Gasteiger partial charge in [-0.1, -0.05) is 0 Å². The molecule has 2 aromatic carbocycles. The van der Waals surface area contributed by atoms with Crippen molar-refractivity contribution in [3.8, 4) is 6.07 Å². The summed E-state index contributed by atoms with van der Waals surface area (Å²) in [5.41, 5.74) is 1.75. The Morgan fingerprint density at radius 2 is 1.96 bits per heavy atom. The molecule has 0 fully saturated rings. The Hall–Kier alpha value is -3.31. The van der Waals surface area contributed by atoms with Crippen molar-refractivity contribution in [1.29, 1.82) is 5.26 Å². The maximum atomic E-state index is 10.7. The molecule has 2 rings (SSSR count). The van der Waals surface area contributed by atoms with Gasteiger partial charge in [0.05, 0.1) is 22.8 Å². The molecular weight excluding hydrogens is 322 g/mol. The molecule has 0 atom stereocenters. The van der Waals surface area contributed by atoms with Gasteiger partial charge in [0.25, 0.3) is 5.69 Å². The maximum Gasteiger partial charge on any atom is 0.270 e. The van der Waals surface area contributed by atoms with E-state index < -0.39 is 4.92 Å². The molecule has 0 aromatic heterocycles. The van der Waals surface area contributed by atoms with Crippen LogP contribution in [0.2, 0.25) is 0 Å². The smallest absolute Gasteiger partial charge is 0.270 e. The van der Waals surface area contributed by atoms with Gasteiger partial charge in [-0.25, -0.2) is 0 Å². The predicted molar refractivity (Wildman–Crippen MR) is 93.4 cm³/mol. The second-order valence-electron chi connectivity index (χ2n) is 5.09. The zero-order valence-electron chi connectivity index (χ0n) is 13.7. The van der Waals surface area contributed by atoms with Gasteiger partial charge in [-0.05, 0) is 37.3 Å². The molecule has 8 heteroatoms. The summed E-state index contributed by atoms with van der Waals surface area (Å²) >= 11 is 0. The van der Waals surface area contributed by atoms with Crippen LogP contribution in [-0.2, 0) is 0 Å². The van der Waals surface area contributed by atoms with Crippen molar-refractivity contribution < 1.29 is 10.0 Å². The van der Waals surface area contributed by atoms with E-state index in [1.54, 1.807) is 12.1 Å². The van der Waals surface area contributed by atoms with Crippen LogP contribution < -0.4 is 4.90 Å². The van der Waals surface area contributed by atoms with Crippen molar-refractivity contribution in [2.45, 2.75) is 6.92 Å². The highest BCUT2D eigenvalue weighted by Gasteiger charge is 2.10. The number of nitro benzene ring substituents is 1. The van der Waals surface area contributed by atoms with E-state index in [0.29, 0.717) is 12.2 Å². The van der Waals surface area contributed by atoms with Crippen molar-refractivity contribution in [2.75, 3.05) is 24.6 Å². The first-order valence-electron chi connectivity index (χ1n) is 7.65. The van der Waals surface area contributed by atoms with Crippen LogP contribution in [0.5, 0.6) is 0 Å². The second kappa shape index (κ2) is 8.52. The van der Waals surface area contributed by atoms with E-state index in [1.165, 1.54) is 18.2 Å². The van der Waals surface area contributed by atoms with Gasteiger partial charge >= 0.3 is 0 Å². The predicted octanol–water partition coefficient (Wildman–Crippen LogP) is 3.70. The number of non-ortho nitro benzene ring substituents is 1. The van der Waals surface area contributed by atoms with Crippen LogP contribution in [0.15, 0.2) is 52.7 Å². The quantitative estimate of drug-likeness (QED) is 0.469. The lowest BCUT2D eigenvalue weighted by atomic mass is 10.2. The Bertz CT molecular complexity index is 812. The highest BCUT2D eigenvalue weighted by Crippen LogP contribution is 2.26. The summed E-state index contributed by atoms with van der Waals surface area (Å²) in [5.74, 6) is 0. The Labute approximate surface area is 144 Å². The number of azo groups is 1. The molecule has 2 aromatic rings. The van der Waals surface area contributed by atoms with Crippen LogP contribution in [0, 0.1) is 21.4 Å². The van der Waals surface area contributed by atoms with Crippen molar-refractivity contribution >= 4 is 22.7 Å². The van der Waals surface area contributed by atoms with E-state index in [0.717, 1.165) is 12.2 Å². The SMILES string of the molecule is CCN(CCO)c1ccc(N=Nc2ccc([N+](=O)[O-])cc2C#N)cc1. The van der Waals surface area contributed by atoms with Gasteiger partial charge in [0.2, 0.25) is 0 Å². The van der Waals surface area contributed by atoms with E-state index in [4.69, 9.17) is 10.4 Å². The Balaban J connectivity index is 2.19. The second-order valence-corrected chi connectivity index (χ2v) is 5.09. The van der Waals surface area contributed by atoms with E-state index in [-0.39, 0.29) is 23.5 Å². The lowest BCUT2D eigenvalue weighted by Crippen LogP contribution is -2.25. The standard InChI is InChI=1S/C17H17N5O3/c1-2-21(9-10-23)15-5-3-14(4-6-15)19-20-17-8-7-16(22(24)25)11-13(17)12-18/h3-8,11,23H,2,9-10H2,1H3. The van der Waals surface area contributed by atoms with Crippen molar-refractivity contribution in [3.05, 3.63) is 58.1 Å². The van der Waals surface area contributed by atoms with Crippen LogP contribution in [0.1, 0.15) is 12.5 Å². The molecule has 0 saturated carbocycles. The highest BCUT2D eigenvalue weighted by atomic mass is 16.6. The average Bonchev–Trinajstić information content (AvgIpc) is 2.64. The normalized spacial score (nSPS) is 10.6. The molecule has 0 spiro atoms. The molecule has 1 N–H and O–H groups in total. The van der Waals surface area contributed by atoms with E-state index in [2.05, 4.69) is 10.2 Å². The molecule has 25 heavy (non-hydrogen) atoms. The van der Waals surface area contributed by atoms with Gasteiger partial charge in [0, 0.05) is 30.9 Å². The van der Waals surface area contributed by atoms with Crippen LogP contribution in [0.3, 0.4) is 0 Å². The van der Waals surface area contributed by atoms with Crippen LogP contribution >= 0.6 is 0 Å². The number of nitrogens with zero attached hydrogens (tertiary/aromatic N) is 5. The lowest BCUT2D eigenvalue weighted by Gasteiger charge is -2.21. The number of benzene rings is 2. The minimum absolute atomic E-state index is 0.0758. The molecule has 0 unspecified atom stereocenters. The number of likely N-dealkylation sites (N-methyl/N-ethyl adjacent to an activating group) is 1.